The molecule has 1 heterocycles. The molecule has 1 unspecified atom stereocenters. The van der Waals surface area contributed by atoms with Gasteiger partial charge in [-0.25, -0.2) is 12.7 Å². The van der Waals surface area contributed by atoms with E-state index in [2.05, 4.69) is 19.2 Å². The molecule has 0 bridgehead atoms. The van der Waals surface area contributed by atoms with Crippen molar-refractivity contribution in [2.45, 2.75) is 45.3 Å². The second kappa shape index (κ2) is 5.67. The molecular formula is C12H26N2O2S. The van der Waals surface area contributed by atoms with Gasteiger partial charge in [-0.2, -0.15) is 0 Å². The number of hydrogen-bond acceptors (Lipinski definition) is 3. The molecule has 5 heteroatoms. The van der Waals surface area contributed by atoms with Gasteiger partial charge in [0.25, 0.3) is 0 Å². The topological polar surface area (TPSA) is 49.4 Å². The highest BCUT2D eigenvalue weighted by molar-refractivity contribution is 7.89. The van der Waals surface area contributed by atoms with Gasteiger partial charge in [-0.05, 0) is 38.6 Å². The van der Waals surface area contributed by atoms with Crippen molar-refractivity contribution >= 4 is 10.0 Å². The highest BCUT2D eigenvalue weighted by atomic mass is 32.2. The number of nitrogens with one attached hydrogen (secondary N) is 1. The zero-order valence-corrected chi connectivity index (χ0v) is 12.3. The monoisotopic (exact) mass is 262 g/mol. The van der Waals surface area contributed by atoms with E-state index in [0.717, 1.165) is 19.3 Å². The fourth-order valence-corrected chi connectivity index (χ4v) is 3.92. The van der Waals surface area contributed by atoms with Crippen LogP contribution < -0.4 is 5.32 Å². The Balaban J connectivity index is 2.72. The summed E-state index contributed by atoms with van der Waals surface area (Å²) in [6, 6.07) is 0. The molecule has 1 aliphatic rings. The Kier molecular flexibility index (Phi) is 4.98. The predicted molar refractivity (Wildman–Crippen MR) is 71.5 cm³/mol. The van der Waals surface area contributed by atoms with Gasteiger partial charge >= 0.3 is 0 Å². The smallest absolute Gasteiger partial charge is 0.217 e. The first-order valence-corrected chi connectivity index (χ1v) is 7.93. The van der Waals surface area contributed by atoms with E-state index in [1.807, 2.05) is 0 Å². The van der Waals surface area contributed by atoms with Crippen LogP contribution >= 0.6 is 0 Å². The molecule has 102 valence electrons. The van der Waals surface area contributed by atoms with E-state index in [-0.39, 0.29) is 10.7 Å². The third kappa shape index (κ3) is 3.93. The molecule has 1 saturated heterocycles. The largest absolute Gasteiger partial charge is 0.318 e. The van der Waals surface area contributed by atoms with Crippen molar-refractivity contribution in [1.82, 2.24) is 9.62 Å². The van der Waals surface area contributed by atoms with Crippen LogP contribution in [0.15, 0.2) is 0 Å². The first-order chi connectivity index (χ1) is 7.79. The lowest BCUT2D eigenvalue weighted by Gasteiger charge is -2.25. The average Bonchev–Trinajstić information content (AvgIpc) is 2.40. The lowest BCUT2D eigenvalue weighted by Crippen LogP contribution is -2.42. The van der Waals surface area contributed by atoms with E-state index in [1.165, 1.54) is 0 Å². The van der Waals surface area contributed by atoms with Crippen molar-refractivity contribution in [3.8, 4) is 0 Å². The quantitative estimate of drug-likeness (QED) is 0.834. The summed E-state index contributed by atoms with van der Waals surface area (Å²) in [6.45, 7) is 8.09. The number of rotatable bonds is 4. The van der Waals surface area contributed by atoms with Crippen LogP contribution in [0.5, 0.6) is 0 Å². The van der Waals surface area contributed by atoms with Gasteiger partial charge < -0.3 is 5.32 Å². The van der Waals surface area contributed by atoms with Gasteiger partial charge in [0, 0.05) is 19.6 Å². The van der Waals surface area contributed by atoms with Crippen molar-refractivity contribution in [3.63, 3.8) is 0 Å². The first kappa shape index (κ1) is 14.9. The van der Waals surface area contributed by atoms with Gasteiger partial charge in [-0.3, -0.25) is 0 Å². The molecule has 1 rings (SSSR count). The molecule has 0 amide bonds. The molecule has 17 heavy (non-hydrogen) atoms. The summed E-state index contributed by atoms with van der Waals surface area (Å²) >= 11 is 0. The van der Waals surface area contributed by atoms with Crippen molar-refractivity contribution in [2.75, 3.05) is 26.7 Å². The van der Waals surface area contributed by atoms with Gasteiger partial charge in [-0.1, -0.05) is 13.8 Å². The van der Waals surface area contributed by atoms with Crippen LogP contribution in [-0.2, 0) is 10.0 Å². The zero-order chi connectivity index (χ0) is 13.1. The number of hydrogen-bond donors (Lipinski definition) is 1. The average molecular weight is 262 g/mol. The standard InChI is InChI=1S/C12H26N2O2S/c1-11(10-13-4)17(15,16)14-8-5-6-12(2,3)7-9-14/h11,13H,5-10H2,1-4H3. The third-order valence-corrected chi connectivity index (χ3v) is 5.93. The summed E-state index contributed by atoms with van der Waals surface area (Å²) < 4.78 is 26.3. The summed E-state index contributed by atoms with van der Waals surface area (Å²) in [5.74, 6) is 0. The maximum Gasteiger partial charge on any atom is 0.217 e. The van der Waals surface area contributed by atoms with Gasteiger partial charge in [0.2, 0.25) is 10.0 Å². The number of sulfonamides is 1. The van der Waals surface area contributed by atoms with Crippen LogP contribution in [0.2, 0.25) is 0 Å². The highest BCUT2D eigenvalue weighted by Gasteiger charge is 2.32. The second-order valence-corrected chi connectivity index (χ2v) is 8.18. The van der Waals surface area contributed by atoms with Gasteiger partial charge in [-0.15, -0.1) is 0 Å². The second-order valence-electron chi connectivity index (χ2n) is 5.83. The minimum Gasteiger partial charge on any atom is -0.318 e. The van der Waals surface area contributed by atoms with Crippen LogP contribution in [0.3, 0.4) is 0 Å². The SMILES string of the molecule is CNCC(C)S(=O)(=O)N1CCCC(C)(C)CC1. The molecule has 0 spiro atoms. The van der Waals surface area contributed by atoms with Crippen LogP contribution in [0.25, 0.3) is 0 Å². The lowest BCUT2D eigenvalue weighted by molar-refractivity contribution is 0.314. The molecule has 1 aliphatic heterocycles. The predicted octanol–water partition coefficient (Wildman–Crippen LogP) is 1.44. The molecule has 0 aliphatic carbocycles. The lowest BCUT2D eigenvalue weighted by atomic mass is 9.85. The van der Waals surface area contributed by atoms with E-state index in [9.17, 15) is 8.42 Å². The summed E-state index contributed by atoms with van der Waals surface area (Å²) in [5, 5.41) is 2.60. The number of nitrogens with zero attached hydrogens (tertiary/aromatic N) is 1. The Morgan fingerprint density at radius 3 is 2.53 bits per heavy atom. The van der Waals surface area contributed by atoms with Crippen LogP contribution in [0.4, 0.5) is 0 Å². The van der Waals surface area contributed by atoms with Crippen molar-refractivity contribution in [3.05, 3.63) is 0 Å². The molecule has 0 radical (unpaired) electrons. The van der Waals surface area contributed by atoms with Crippen LogP contribution in [0, 0.1) is 5.41 Å². The fourth-order valence-electron chi connectivity index (χ4n) is 2.30. The minimum atomic E-state index is -3.13. The van der Waals surface area contributed by atoms with Gasteiger partial charge in [0.05, 0.1) is 5.25 Å². The normalized spacial score (nSPS) is 24.2. The molecule has 1 fully saturated rings. The van der Waals surface area contributed by atoms with Crippen molar-refractivity contribution in [2.24, 2.45) is 5.41 Å². The molecular weight excluding hydrogens is 236 g/mol. The Morgan fingerprint density at radius 2 is 1.94 bits per heavy atom. The van der Waals surface area contributed by atoms with Crippen molar-refractivity contribution < 1.29 is 8.42 Å². The third-order valence-electron chi connectivity index (χ3n) is 3.66. The minimum absolute atomic E-state index is 0.274. The van der Waals surface area contributed by atoms with E-state index in [0.29, 0.717) is 19.6 Å². The maximum atomic E-state index is 12.3. The molecule has 0 aromatic carbocycles. The molecule has 0 aromatic rings. The van der Waals surface area contributed by atoms with E-state index < -0.39 is 10.0 Å². The maximum absolute atomic E-state index is 12.3. The Hall–Kier alpha value is -0.130. The van der Waals surface area contributed by atoms with E-state index in [1.54, 1.807) is 18.3 Å². The Bertz CT molecular complexity index is 338. The summed E-state index contributed by atoms with van der Waals surface area (Å²) in [4.78, 5) is 0. The molecule has 1 atom stereocenters. The fraction of sp³-hybridized carbons (Fsp3) is 1.00. The van der Waals surface area contributed by atoms with Gasteiger partial charge in [0.15, 0.2) is 0 Å². The van der Waals surface area contributed by atoms with E-state index >= 15 is 0 Å². The summed E-state index contributed by atoms with van der Waals surface area (Å²) in [7, 11) is -1.34. The molecule has 4 nitrogen and oxygen atoms in total. The Morgan fingerprint density at radius 1 is 1.29 bits per heavy atom. The molecule has 0 aromatic heterocycles. The van der Waals surface area contributed by atoms with Gasteiger partial charge in [0.1, 0.15) is 0 Å². The molecule has 0 saturated carbocycles. The van der Waals surface area contributed by atoms with Crippen LogP contribution in [0.1, 0.15) is 40.0 Å². The highest BCUT2D eigenvalue weighted by Crippen LogP contribution is 2.31. The summed E-state index contributed by atoms with van der Waals surface area (Å²) in [5.41, 5.74) is 0.274. The molecule has 1 N–H and O–H groups in total. The summed E-state index contributed by atoms with van der Waals surface area (Å²) in [6.07, 6.45) is 3.04. The van der Waals surface area contributed by atoms with Crippen LogP contribution in [-0.4, -0.2) is 44.7 Å². The zero-order valence-electron chi connectivity index (χ0n) is 11.5. The van der Waals surface area contributed by atoms with E-state index in [4.69, 9.17) is 0 Å². The Labute approximate surface area is 106 Å². The first-order valence-electron chi connectivity index (χ1n) is 6.43. The van der Waals surface area contributed by atoms with Crippen molar-refractivity contribution in [1.29, 1.82) is 0 Å².